The van der Waals surface area contributed by atoms with Crippen LogP contribution in [0.3, 0.4) is 0 Å². The van der Waals surface area contributed by atoms with Crippen molar-refractivity contribution in [3.8, 4) is 11.5 Å². The molecule has 1 aromatic heterocycles. The van der Waals surface area contributed by atoms with Crippen LogP contribution >= 0.6 is 11.6 Å². The van der Waals surface area contributed by atoms with E-state index in [0.29, 0.717) is 41.1 Å². The second-order valence-electron chi connectivity index (χ2n) is 3.94. The van der Waals surface area contributed by atoms with Gasteiger partial charge in [-0.3, -0.25) is 0 Å². The summed E-state index contributed by atoms with van der Waals surface area (Å²) in [4.78, 5) is 0. The van der Waals surface area contributed by atoms with Gasteiger partial charge in [-0.1, -0.05) is 11.6 Å². The third-order valence-corrected chi connectivity index (χ3v) is 3.10. The van der Waals surface area contributed by atoms with Gasteiger partial charge in [0.05, 0.1) is 11.3 Å². The third kappa shape index (κ3) is 1.94. The number of furan rings is 1. The lowest BCUT2D eigenvalue weighted by Crippen LogP contribution is -2.16. The molecule has 1 aliphatic rings. The topological polar surface area (TPSA) is 51.8 Å². The zero-order valence-electron chi connectivity index (χ0n) is 9.43. The van der Waals surface area contributed by atoms with Crippen LogP contribution in [0.5, 0.6) is 11.5 Å². The Morgan fingerprint density at radius 3 is 2.56 bits per heavy atom. The monoisotopic (exact) mass is 266 g/mol. The van der Waals surface area contributed by atoms with E-state index in [4.69, 9.17) is 25.5 Å². The summed E-state index contributed by atoms with van der Waals surface area (Å²) < 4.78 is 16.0. The molecular weight excluding hydrogens is 256 g/mol. The summed E-state index contributed by atoms with van der Waals surface area (Å²) >= 11 is 6.14. The van der Waals surface area contributed by atoms with Crippen LogP contribution in [-0.4, -0.2) is 18.3 Å². The number of aliphatic hydroxyl groups is 1. The van der Waals surface area contributed by atoms with Gasteiger partial charge in [-0.2, -0.15) is 0 Å². The van der Waals surface area contributed by atoms with Crippen molar-refractivity contribution in [1.82, 2.24) is 0 Å². The fraction of sp³-hybridized carbons (Fsp3) is 0.231. The molecule has 0 spiro atoms. The summed E-state index contributed by atoms with van der Waals surface area (Å²) in [7, 11) is 0. The molecule has 3 rings (SSSR count). The van der Waals surface area contributed by atoms with Gasteiger partial charge in [0.15, 0.2) is 11.5 Å². The number of benzene rings is 1. The highest BCUT2D eigenvalue weighted by atomic mass is 35.5. The fourth-order valence-electron chi connectivity index (χ4n) is 1.89. The molecule has 5 heteroatoms. The van der Waals surface area contributed by atoms with E-state index in [1.54, 1.807) is 24.3 Å². The summed E-state index contributed by atoms with van der Waals surface area (Å²) in [5, 5.41) is 10.6. The zero-order valence-corrected chi connectivity index (χ0v) is 10.2. The summed E-state index contributed by atoms with van der Waals surface area (Å²) in [5.41, 5.74) is 0.538. The summed E-state index contributed by atoms with van der Waals surface area (Å²) in [6.07, 6.45) is 0.591. The minimum atomic E-state index is -0.914. The van der Waals surface area contributed by atoms with E-state index in [1.807, 2.05) is 0 Å². The van der Waals surface area contributed by atoms with Crippen molar-refractivity contribution < 1.29 is 19.0 Å². The van der Waals surface area contributed by atoms with Gasteiger partial charge in [-0.05, 0) is 18.2 Å². The SMILES string of the molecule is OC(c1ccco1)c1cc2c(cc1Cl)OCCO2. The Balaban J connectivity index is 2.01. The van der Waals surface area contributed by atoms with E-state index in [-0.39, 0.29) is 0 Å². The molecule has 18 heavy (non-hydrogen) atoms. The van der Waals surface area contributed by atoms with E-state index in [1.165, 1.54) is 6.26 Å². The number of halogens is 1. The van der Waals surface area contributed by atoms with Crippen LogP contribution < -0.4 is 9.47 Å². The maximum atomic E-state index is 10.2. The second-order valence-corrected chi connectivity index (χ2v) is 4.34. The van der Waals surface area contributed by atoms with Crippen LogP contribution in [0, 0.1) is 0 Å². The second kappa shape index (κ2) is 4.55. The van der Waals surface area contributed by atoms with Crippen LogP contribution in [-0.2, 0) is 0 Å². The average molecular weight is 267 g/mol. The molecule has 0 saturated heterocycles. The van der Waals surface area contributed by atoms with Crippen LogP contribution in [0.4, 0.5) is 0 Å². The summed E-state index contributed by atoms with van der Waals surface area (Å²) in [5.74, 6) is 1.63. The third-order valence-electron chi connectivity index (χ3n) is 2.77. The highest BCUT2D eigenvalue weighted by molar-refractivity contribution is 6.31. The van der Waals surface area contributed by atoms with Gasteiger partial charge in [-0.25, -0.2) is 0 Å². The number of rotatable bonds is 2. The van der Waals surface area contributed by atoms with Crippen molar-refractivity contribution >= 4 is 11.6 Å². The van der Waals surface area contributed by atoms with Gasteiger partial charge < -0.3 is 19.0 Å². The van der Waals surface area contributed by atoms with E-state index in [9.17, 15) is 5.11 Å². The molecule has 94 valence electrons. The van der Waals surface area contributed by atoms with Gasteiger partial charge in [0.2, 0.25) is 0 Å². The largest absolute Gasteiger partial charge is 0.486 e. The lowest BCUT2D eigenvalue weighted by molar-refractivity contribution is 0.167. The number of aliphatic hydroxyl groups excluding tert-OH is 1. The molecule has 1 N–H and O–H groups in total. The molecule has 1 unspecified atom stereocenters. The molecule has 0 fully saturated rings. The van der Waals surface area contributed by atoms with Crippen LogP contribution in [0.25, 0.3) is 0 Å². The number of hydrogen-bond donors (Lipinski definition) is 1. The first kappa shape index (κ1) is 11.4. The van der Waals surface area contributed by atoms with Gasteiger partial charge in [0.25, 0.3) is 0 Å². The zero-order chi connectivity index (χ0) is 12.5. The Labute approximate surface area is 109 Å². The molecule has 1 aliphatic heterocycles. The molecule has 0 saturated carbocycles. The Morgan fingerprint density at radius 2 is 1.89 bits per heavy atom. The molecule has 0 amide bonds. The quantitative estimate of drug-likeness (QED) is 0.908. The normalized spacial score (nSPS) is 15.4. The molecule has 0 bridgehead atoms. The minimum absolute atomic E-state index is 0.420. The molecule has 2 aromatic rings. The maximum Gasteiger partial charge on any atom is 0.162 e. The highest BCUT2D eigenvalue weighted by Crippen LogP contribution is 2.39. The van der Waals surface area contributed by atoms with Crippen molar-refractivity contribution in [2.75, 3.05) is 13.2 Å². The van der Waals surface area contributed by atoms with E-state index >= 15 is 0 Å². The molecule has 4 nitrogen and oxygen atoms in total. The van der Waals surface area contributed by atoms with Crippen molar-refractivity contribution in [1.29, 1.82) is 0 Å². The minimum Gasteiger partial charge on any atom is -0.486 e. The Kier molecular flexibility index (Phi) is 2.89. The lowest BCUT2D eigenvalue weighted by atomic mass is 10.1. The fourth-order valence-corrected chi connectivity index (χ4v) is 2.15. The van der Waals surface area contributed by atoms with E-state index in [0.717, 1.165) is 0 Å². The van der Waals surface area contributed by atoms with Crippen molar-refractivity contribution in [2.24, 2.45) is 0 Å². The lowest BCUT2D eigenvalue weighted by Gasteiger charge is -2.20. The van der Waals surface area contributed by atoms with Crippen LogP contribution in [0.15, 0.2) is 34.9 Å². The van der Waals surface area contributed by atoms with Gasteiger partial charge in [0.1, 0.15) is 25.1 Å². The van der Waals surface area contributed by atoms with Crippen molar-refractivity contribution in [3.05, 3.63) is 46.9 Å². The Morgan fingerprint density at radius 1 is 1.17 bits per heavy atom. The standard InChI is InChI=1S/C13H11ClO4/c14-9-7-12-11(17-4-5-18-12)6-8(9)13(15)10-2-1-3-16-10/h1-3,6-7,13,15H,4-5H2. The first-order valence-electron chi connectivity index (χ1n) is 5.56. The van der Waals surface area contributed by atoms with Crippen molar-refractivity contribution in [2.45, 2.75) is 6.10 Å². The van der Waals surface area contributed by atoms with E-state index in [2.05, 4.69) is 0 Å². The number of fused-ring (bicyclic) bond motifs is 1. The van der Waals surface area contributed by atoms with Crippen LogP contribution in [0.2, 0.25) is 5.02 Å². The number of ether oxygens (including phenoxy) is 2. The molecule has 1 atom stereocenters. The predicted octanol–water partition coefficient (Wildman–Crippen LogP) is 2.79. The van der Waals surface area contributed by atoms with Crippen LogP contribution in [0.1, 0.15) is 17.4 Å². The maximum absolute atomic E-state index is 10.2. The summed E-state index contributed by atoms with van der Waals surface area (Å²) in [6.45, 7) is 0.994. The van der Waals surface area contributed by atoms with Gasteiger partial charge in [-0.15, -0.1) is 0 Å². The highest BCUT2D eigenvalue weighted by Gasteiger charge is 2.21. The van der Waals surface area contributed by atoms with Gasteiger partial charge in [0, 0.05) is 11.6 Å². The Hall–Kier alpha value is -1.65. The molecule has 1 aromatic carbocycles. The Bertz CT molecular complexity index is 550. The first-order valence-corrected chi connectivity index (χ1v) is 5.94. The molecule has 2 heterocycles. The molecular formula is C13H11ClO4. The summed E-state index contributed by atoms with van der Waals surface area (Å²) in [6, 6.07) is 6.74. The molecule has 0 radical (unpaired) electrons. The first-order chi connectivity index (χ1) is 8.75. The van der Waals surface area contributed by atoms with Crippen molar-refractivity contribution in [3.63, 3.8) is 0 Å². The number of hydrogen-bond acceptors (Lipinski definition) is 4. The molecule has 0 aliphatic carbocycles. The predicted molar refractivity (Wildman–Crippen MR) is 65.2 cm³/mol. The van der Waals surface area contributed by atoms with E-state index < -0.39 is 6.10 Å². The average Bonchev–Trinajstić information content (AvgIpc) is 2.91. The smallest absolute Gasteiger partial charge is 0.162 e. The van der Waals surface area contributed by atoms with Gasteiger partial charge >= 0.3 is 0 Å².